The molecule has 2 aromatic heterocycles. The molecular weight excluding hydrogens is 264 g/mol. The average molecular weight is 281 g/mol. The van der Waals surface area contributed by atoms with E-state index in [1.165, 1.54) is 12.8 Å². The molecule has 0 radical (unpaired) electrons. The van der Waals surface area contributed by atoms with E-state index in [2.05, 4.69) is 20.5 Å². The van der Waals surface area contributed by atoms with Gasteiger partial charge in [-0.2, -0.15) is 10.2 Å². The first-order chi connectivity index (χ1) is 9.13. The van der Waals surface area contributed by atoms with Crippen LogP contribution < -0.4 is 5.32 Å². The zero-order valence-electron chi connectivity index (χ0n) is 11.1. The van der Waals surface area contributed by atoms with Crippen molar-refractivity contribution in [1.29, 1.82) is 0 Å². The SMILES string of the molecule is Cc1nn(C)c(Cl)c1Cn1cnc(CNC2CC2)n1. The maximum absolute atomic E-state index is 6.21. The summed E-state index contributed by atoms with van der Waals surface area (Å²) in [4.78, 5) is 4.30. The van der Waals surface area contributed by atoms with Gasteiger partial charge in [0.25, 0.3) is 0 Å². The number of halogens is 1. The van der Waals surface area contributed by atoms with E-state index in [1.54, 1.807) is 15.7 Å². The Morgan fingerprint density at radius 3 is 2.84 bits per heavy atom. The van der Waals surface area contributed by atoms with Gasteiger partial charge in [0.1, 0.15) is 11.5 Å². The van der Waals surface area contributed by atoms with Gasteiger partial charge in [0.15, 0.2) is 5.82 Å². The predicted molar refractivity (Wildman–Crippen MR) is 71.9 cm³/mol. The Balaban J connectivity index is 1.68. The van der Waals surface area contributed by atoms with E-state index < -0.39 is 0 Å². The van der Waals surface area contributed by atoms with Crippen molar-refractivity contribution in [3.63, 3.8) is 0 Å². The summed E-state index contributed by atoms with van der Waals surface area (Å²) in [6.07, 6.45) is 4.28. The molecule has 0 unspecified atom stereocenters. The molecule has 0 aliphatic heterocycles. The Labute approximate surface area is 116 Å². The van der Waals surface area contributed by atoms with Gasteiger partial charge in [0.2, 0.25) is 0 Å². The largest absolute Gasteiger partial charge is 0.307 e. The summed E-state index contributed by atoms with van der Waals surface area (Å²) in [6.45, 7) is 3.29. The van der Waals surface area contributed by atoms with Crippen LogP contribution in [0.25, 0.3) is 0 Å². The molecule has 3 rings (SSSR count). The first kappa shape index (κ1) is 12.6. The normalized spacial score (nSPS) is 15.1. The highest BCUT2D eigenvalue weighted by atomic mass is 35.5. The van der Waals surface area contributed by atoms with Crippen LogP contribution in [0.1, 0.15) is 29.9 Å². The fourth-order valence-electron chi connectivity index (χ4n) is 2.03. The molecule has 1 fully saturated rings. The minimum absolute atomic E-state index is 0.606. The molecule has 1 aliphatic carbocycles. The van der Waals surface area contributed by atoms with Crippen LogP contribution in [-0.4, -0.2) is 30.6 Å². The molecule has 2 aromatic rings. The predicted octanol–water partition coefficient (Wildman–Crippen LogP) is 1.27. The summed E-state index contributed by atoms with van der Waals surface area (Å²) in [5, 5.41) is 12.8. The first-order valence-corrected chi connectivity index (χ1v) is 6.81. The zero-order valence-corrected chi connectivity index (χ0v) is 11.9. The summed E-state index contributed by atoms with van der Waals surface area (Å²) in [5.41, 5.74) is 1.93. The average Bonchev–Trinajstić information content (AvgIpc) is 3.06. The fraction of sp³-hybridized carbons (Fsp3) is 0.583. The Hall–Kier alpha value is -1.40. The summed E-state index contributed by atoms with van der Waals surface area (Å²) >= 11 is 6.21. The lowest BCUT2D eigenvalue weighted by Crippen LogP contribution is -2.16. The van der Waals surface area contributed by atoms with Crippen LogP contribution in [0.3, 0.4) is 0 Å². The van der Waals surface area contributed by atoms with Gasteiger partial charge in [-0.25, -0.2) is 9.67 Å². The number of aryl methyl sites for hydroxylation is 2. The van der Waals surface area contributed by atoms with Crippen molar-refractivity contribution >= 4 is 11.6 Å². The Kier molecular flexibility index (Phi) is 3.28. The number of nitrogens with zero attached hydrogens (tertiary/aromatic N) is 5. The third-order valence-electron chi connectivity index (χ3n) is 3.30. The van der Waals surface area contributed by atoms with E-state index in [-0.39, 0.29) is 0 Å². The van der Waals surface area contributed by atoms with Gasteiger partial charge in [-0.05, 0) is 19.8 Å². The summed E-state index contributed by atoms with van der Waals surface area (Å²) in [5.74, 6) is 0.824. The van der Waals surface area contributed by atoms with Crippen LogP contribution in [0.4, 0.5) is 0 Å². The minimum Gasteiger partial charge on any atom is -0.307 e. The standard InChI is InChI=1S/C12H17ClN6/c1-8-10(12(13)18(2)16-8)6-19-7-15-11(17-19)5-14-9-3-4-9/h7,9,14H,3-6H2,1-2H3. The van der Waals surface area contributed by atoms with Crippen molar-refractivity contribution in [1.82, 2.24) is 29.9 Å². The van der Waals surface area contributed by atoms with Crippen LogP contribution in [-0.2, 0) is 20.1 Å². The third kappa shape index (κ3) is 2.79. The van der Waals surface area contributed by atoms with Crippen molar-refractivity contribution < 1.29 is 0 Å². The van der Waals surface area contributed by atoms with E-state index in [1.807, 2.05) is 14.0 Å². The number of rotatable bonds is 5. The molecule has 2 heterocycles. The monoisotopic (exact) mass is 280 g/mol. The van der Waals surface area contributed by atoms with Crippen LogP contribution >= 0.6 is 11.6 Å². The molecular formula is C12H17ClN6. The Bertz CT molecular complexity index is 583. The number of hydrogen-bond acceptors (Lipinski definition) is 4. The smallest absolute Gasteiger partial charge is 0.164 e. The Morgan fingerprint density at radius 2 is 2.21 bits per heavy atom. The summed E-state index contributed by atoms with van der Waals surface area (Å²) in [7, 11) is 1.84. The van der Waals surface area contributed by atoms with Crippen LogP contribution in [0, 0.1) is 6.92 Å². The van der Waals surface area contributed by atoms with Crippen molar-refractivity contribution in [2.24, 2.45) is 7.05 Å². The molecule has 102 valence electrons. The molecule has 0 bridgehead atoms. The molecule has 6 nitrogen and oxygen atoms in total. The molecule has 1 N–H and O–H groups in total. The second-order valence-corrected chi connectivity index (χ2v) is 5.35. The lowest BCUT2D eigenvalue weighted by atomic mass is 10.3. The summed E-state index contributed by atoms with van der Waals surface area (Å²) < 4.78 is 3.48. The molecule has 19 heavy (non-hydrogen) atoms. The fourth-order valence-corrected chi connectivity index (χ4v) is 2.26. The maximum Gasteiger partial charge on any atom is 0.164 e. The highest BCUT2D eigenvalue weighted by molar-refractivity contribution is 6.30. The quantitative estimate of drug-likeness (QED) is 0.896. The molecule has 0 amide bonds. The first-order valence-electron chi connectivity index (χ1n) is 6.43. The van der Waals surface area contributed by atoms with Gasteiger partial charge in [-0.3, -0.25) is 4.68 Å². The van der Waals surface area contributed by atoms with Crippen LogP contribution in [0.2, 0.25) is 5.15 Å². The lowest BCUT2D eigenvalue weighted by molar-refractivity contribution is 0.627. The lowest BCUT2D eigenvalue weighted by Gasteiger charge is -2.01. The molecule has 1 aliphatic rings. The molecule has 1 saturated carbocycles. The van der Waals surface area contributed by atoms with Gasteiger partial charge < -0.3 is 5.32 Å². The zero-order chi connectivity index (χ0) is 13.4. The molecule has 0 saturated heterocycles. The number of hydrogen-bond donors (Lipinski definition) is 1. The van der Waals surface area contributed by atoms with E-state index in [0.717, 1.165) is 23.6 Å². The molecule has 0 aromatic carbocycles. The molecule has 7 heteroatoms. The topological polar surface area (TPSA) is 60.6 Å². The number of aromatic nitrogens is 5. The highest BCUT2D eigenvalue weighted by Gasteiger charge is 2.20. The van der Waals surface area contributed by atoms with E-state index in [9.17, 15) is 0 Å². The van der Waals surface area contributed by atoms with Crippen LogP contribution in [0.5, 0.6) is 0 Å². The van der Waals surface area contributed by atoms with Gasteiger partial charge >= 0.3 is 0 Å². The van der Waals surface area contributed by atoms with Gasteiger partial charge in [-0.15, -0.1) is 0 Å². The van der Waals surface area contributed by atoms with Crippen LogP contribution in [0.15, 0.2) is 6.33 Å². The van der Waals surface area contributed by atoms with E-state index in [4.69, 9.17) is 11.6 Å². The molecule has 0 atom stereocenters. The third-order valence-corrected chi connectivity index (χ3v) is 3.77. The van der Waals surface area contributed by atoms with Gasteiger partial charge in [0, 0.05) is 18.7 Å². The van der Waals surface area contributed by atoms with Gasteiger partial charge in [-0.1, -0.05) is 11.6 Å². The second-order valence-electron chi connectivity index (χ2n) is 4.99. The maximum atomic E-state index is 6.21. The minimum atomic E-state index is 0.606. The van der Waals surface area contributed by atoms with E-state index in [0.29, 0.717) is 17.7 Å². The van der Waals surface area contributed by atoms with Crippen molar-refractivity contribution in [2.75, 3.05) is 0 Å². The van der Waals surface area contributed by atoms with Crippen molar-refractivity contribution in [2.45, 2.75) is 38.9 Å². The second kappa shape index (κ2) is 4.94. The van der Waals surface area contributed by atoms with Crippen molar-refractivity contribution in [3.05, 3.63) is 28.6 Å². The number of nitrogens with one attached hydrogen (secondary N) is 1. The highest BCUT2D eigenvalue weighted by Crippen LogP contribution is 2.20. The van der Waals surface area contributed by atoms with Crippen molar-refractivity contribution in [3.8, 4) is 0 Å². The van der Waals surface area contributed by atoms with E-state index >= 15 is 0 Å². The molecule has 0 spiro atoms. The van der Waals surface area contributed by atoms with Gasteiger partial charge in [0.05, 0.1) is 18.8 Å². The Morgan fingerprint density at radius 1 is 1.42 bits per heavy atom. The summed E-state index contributed by atoms with van der Waals surface area (Å²) in [6, 6.07) is 0.668.